The van der Waals surface area contributed by atoms with Crippen molar-refractivity contribution in [3.8, 4) is 6.07 Å². The summed E-state index contributed by atoms with van der Waals surface area (Å²) in [6, 6.07) is 6.11. The number of aliphatic hydroxyl groups is 2. The molecule has 0 radical (unpaired) electrons. The molecular weight excluding hydrogens is 347 g/mol. The van der Waals surface area contributed by atoms with Crippen molar-refractivity contribution in [2.24, 2.45) is 0 Å². The van der Waals surface area contributed by atoms with Crippen molar-refractivity contribution in [3.63, 3.8) is 0 Å². The van der Waals surface area contributed by atoms with Crippen LogP contribution >= 0.6 is 0 Å². The molecular formula is C17H21FN2O4S. The molecule has 25 heavy (non-hydrogen) atoms. The minimum absolute atomic E-state index is 0.0426. The molecule has 0 amide bonds. The molecule has 2 aliphatic rings. The van der Waals surface area contributed by atoms with E-state index in [1.165, 1.54) is 16.4 Å². The molecule has 0 bridgehead atoms. The van der Waals surface area contributed by atoms with Gasteiger partial charge in [0.2, 0.25) is 10.0 Å². The second kappa shape index (κ2) is 6.02. The lowest BCUT2D eigenvalue weighted by atomic mass is 9.61. The number of halogens is 1. The zero-order valence-electron chi connectivity index (χ0n) is 13.9. The lowest BCUT2D eigenvalue weighted by Gasteiger charge is -2.46. The monoisotopic (exact) mass is 368 g/mol. The maximum Gasteiger partial charge on any atom is 0.214 e. The van der Waals surface area contributed by atoms with E-state index >= 15 is 0 Å². The summed E-state index contributed by atoms with van der Waals surface area (Å²) in [5.74, 6) is -2.42. The molecule has 3 rings (SSSR count). The van der Waals surface area contributed by atoms with Crippen LogP contribution in [0.4, 0.5) is 4.39 Å². The number of nitriles is 1. The Bertz CT molecular complexity index is 824. The van der Waals surface area contributed by atoms with Gasteiger partial charge in [-0.2, -0.15) is 9.57 Å². The Kier molecular flexibility index (Phi) is 4.40. The average Bonchev–Trinajstić information content (AvgIpc) is 2.49. The number of hydrogen-bond acceptors (Lipinski definition) is 5. The fourth-order valence-electron chi connectivity index (χ4n) is 3.75. The van der Waals surface area contributed by atoms with Gasteiger partial charge in [0.05, 0.1) is 17.2 Å². The molecule has 1 saturated carbocycles. The summed E-state index contributed by atoms with van der Waals surface area (Å²) in [6.07, 6.45) is 1.00. The number of hydrogen-bond donors (Lipinski definition) is 2. The van der Waals surface area contributed by atoms with Crippen molar-refractivity contribution in [2.45, 2.75) is 56.4 Å². The first-order chi connectivity index (χ1) is 11.6. The minimum atomic E-state index is -3.39. The predicted octanol–water partition coefficient (Wildman–Crippen LogP) is 1.38. The number of benzene rings is 1. The van der Waals surface area contributed by atoms with Crippen LogP contribution in [0.1, 0.15) is 43.7 Å². The first kappa shape index (κ1) is 18.3. The topological polar surface area (TPSA) is 102 Å². The normalized spacial score (nSPS) is 27.2. The van der Waals surface area contributed by atoms with Crippen LogP contribution in [-0.2, 0) is 22.0 Å². The van der Waals surface area contributed by atoms with Crippen molar-refractivity contribution in [3.05, 3.63) is 35.1 Å². The summed E-state index contributed by atoms with van der Waals surface area (Å²) in [5.41, 5.74) is -0.495. The molecule has 1 aliphatic heterocycles. The molecule has 2 N–H and O–H groups in total. The molecule has 1 heterocycles. The standard InChI is InChI=1S/C17H21FN2O4S/c1-12-3-2-6-25(23,24)20(12)8-13-4-5-14(7-15(13)18)16(11-19)9-17(21,22)10-16/h4-5,7,12,21-22H,2-3,6,8-10H2,1H3/t12-/m0/s1. The van der Waals surface area contributed by atoms with Gasteiger partial charge >= 0.3 is 0 Å². The van der Waals surface area contributed by atoms with E-state index in [9.17, 15) is 28.3 Å². The molecule has 1 aliphatic carbocycles. The molecule has 1 saturated heterocycles. The molecule has 0 spiro atoms. The maximum atomic E-state index is 14.5. The summed E-state index contributed by atoms with van der Waals surface area (Å²) < 4.78 is 40.3. The van der Waals surface area contributed by atoms with E-state index in [0.717, 1.165) is 6.42 Å². The summed E-state index contributed by atoms with van der Waals surface area (Å²) in [5, 5.41) is 28.4. The van der Waals surface area contributed by atoms with E-state index in [-0.39, 0.29) is 36.7 Å². The molecule has 0 aromatic heterocycles. The number of rotatable bonds is 3. The van der Waals surface area contributed by atoms with Crippen molar-refractivity contribution in [1.82, 2.24) is 4.31 Å². The van der Waals surface area contributed by atoms with Gasteiger partial charge in [0.25, 0.3) is 0 Å². The van der Waals surface area contributed by atoms with E-state index in [2.05, 4.69) is 0 Å². The van der Waals surface area contributed by atoms with Crippen molar-refractivity contribution >= 4 is 10.0 Å². The van der Waals surface area contributed by atoms with Gasteiger partial charge in [0.1, 0.15) is 5.82 Å². The SMILES string of the molecule is C[C@H]1CCCS(=O)(=O)N1Cc1ccc(C2(C#N)CC(O)(O)C2)cc1F. The zero-order chi connectivity index (χ0) is 18.5. The average molecular weight is 368 g/mol. The molecule has 2 fully saturated rings. The Morgan fingerprint density at radius 3 is 2.60 bits per heavy atom. The summed E-state index contributed by atoms with van der Waals surface area (Å²) in [4.78, 5) is 0. The molecule has 136 valence electrons. The lowest BCUT2D eigenvalue weighted by molar-refractivity contribution is -0.234. The zero-order valence-corrected chi connectivity index (χ0v) is 14.8. The lowest BCUT2D eigenvalue weighted by Crippen LogP contribution is -2.53. The van der Waals surface area contributed by atoms with Gasteiger partial charge in [0, 0.05) is 31.0 Å². The summed E-state index contributed by atoms with van der Waals surface area (Å²) in [7, 11) is -3.39. The van der Waals surface area contributed by atoms with Crippen molar-refractivity contribution in [1.29, 1.82) is 5.26 Å². The molecule has 6 nitrogen and oxygen atoms in total. The second-order valence-electron chi connectivity index (χ2n) is 7.19. The van der Waals surface area contributed by atoms with Gasteiger partial charge in [-0.05, 0) is 31.4 Å². The third-order valence-corrected chi connectivity index (χ3v) is 7.20. The third kappa shape index (κ3) is 3.29. The Morgan fingerprint density at radius 2 is 2.08 bits per heavy atom. The van der Waals surface area contributed by atoms with Gasteiger partial charge < -0.3 is 10.2 Å². The third-order valence-electron chi connectivity index (χ3n) is 5.19. The quantitative estimate of drug-likeness (QED) is 0.785. The van der Waals surface area contributed by atoms with Crippen LogP contribution in [0.2, 0.25) is 0 Å². The molecule has 1 aromatic rings. The Hall–Kier alpha value is -1.53. The van der Waals surface area contributed by atoms with Gasteiger partial charge in [-0.25, -0.2) is 12.8 Å². The highest BCUT2D eigenvalue weighted by molar-refractivity contribution is 7.89. The smallest absolute Gasteiger partial charge is 0.214 e. The van der Waals surface area contributed by atoms with Gasteiger partial charge in [-0.3, -0.25) is 0 Å². The van der Waals surface area contributed by atoms with Crippen LogP contribution in [0.25, 0.3) is 0 Å². The second-order valence-corrected chi connectivity index (χ2v) is 9.23. The highest BCUT2D eigenvalue weighted by Gasteiger charge is 2.55. The predicted molar refractivity (Wildman–Crippen MR) is 88.1 cm³/mol. The maximum absolute atomic E-state index is 14.5. The molecule has 0 unspecified atom stereocenters. The largest absolute Gasteiger partial charge is 0.365 e. The van der Waals surface area contributed by atoms with Crippen LogP contribution in [0.5, 0.6) is 0 Å². The molecule has 8 heteroatoms. The van der Waals surface area contributed by atoms with Crippen molar-refractivity contribution in [2.75, 3.05) is 5.75 Å². The van der Waals surface area contributed by atoms with Crippen LogP contribution in [0.15, 0.2) is 18.2 Å². The van der Waals surface area contributed by atoms with E-state index in [1.54, 1.807) is 6.07 Å². The van der Waals surface area contributed by atoms with E-state index in [1.807, 2.05) is 13.0 Å². The number of sulfonamides is 1. The van der Waals surface area contributed by atoms with Gasteiger partial charge in [-0.1, -0.05) is 12.1 Å². The fourth-order valence-corrected chi connectivity index (χ4v) is 5.51. The summed E-state index contributed by atoms with van der Waals surface area (Å²) in [6.45, 7) is 1.77. The minimum Gasteiger partial charge on any atom is -0.365 e. The van der Waals surface area contributed by atoms with E-state index in [4.69, 9.17) is 0 Å². The van der Waals surface area contributed by atoms with Crippen LogP contribution in [0.3, 0.4) is 0 Å². The molecule has 1 atom stereocenters. The Balaban J connectivity index is 1.85. The Labute approximate surface area is 146 Å². The summed E-state index contributed by atoms with van der Waals surface area (Å²) >= 11 is 0. The number of nitrogens with zero attached hydrogens (tertiary/aromatic N) is 2. The highest BCUT2D eigenvalue weighted by atomic mass is 32.2. The van der Waals surface area contributed by atoms with Crippen LogP contribution in [-0.4, -0.2) is 40.5 Å². The first-order valence-electron chi connectivity index (χ1n) is 8.23. The van der Waals surface area contributed by atoms with Crippen LogP contribution < -0.4 is 0 Å². The fraction of sp³-hybridized carbons (Fsp3) is 0.588. The van der Waals surface area contributed by atoms with Gasteiger partial charge in [-0.15, -0.1) is 0 Å². The van der Waals surface area contributed by atoms with Crippen LogP contribution in [0, 0.1) is 17.1 Å². The van der Waals surface area contributed by atoms with Crippen molar-refractivity contribution < 1.29 is 23.0 Å². The Morgan fingerprint density at radius 1 is 1.40 bits per heavy atom. The van der Waals surface area contributed by atoms with E-state index in [0.29, 0.717) is 12.0 Å². The molecule has 1 aromatic carbocycles. The van der Waals surface area contributed by atoms with Gasteiger partial charge in [0.15, 0.2) is 5.79 Å². The highest BCUT2D eigenvalue weighted by Crippen LogP contribution is 2.48. The van der Waals surface area contributed by atoms with E-state index < -0.39 is 27.0 Å². The first-order valence-corrected chi connectivity index (χ1v) is 9.84.